The van der Waals surface area contributed by atoms with E-state index in [0.29, 0.717) is 5.82 Å². The lowest BCUT2D eigenvalue weighted by Gasteiger charge is -2.13. The molecule has 0 spiro atoms. The van der Waals surface area contributed by atoms with Crippen LogP contribution in [0.1, 0.15) is 5.56 Å². The highest BCUT2D eigenvalue weighted by molar-refractivity contribution is 6.05. The summed E-state index contributed by atoms with van der Waals surface area (Å²) in [6.07, 6.45) is 3.77. The van der Waals surface area contributed by atoms with Gasteiger partial charge in [-0.15, -0.1) is 0 Å². The quantitative estimate of drug-likeness (QED) is 0.151. The van der Waals surface area contributed by atoms with E-state index in [1.807, 2.05) is 36.7 Å². The summed E-state index contributed by atoms with van der Waals surface area (Å²) in [7, 11) is 0. The molecule has 4 aromatic heterocycles. The molecule has 0 saturated carbocycles. The average molecular weight is 780 g/mol. The number of aryl methyl sites for hydroxylation is 1. The Morgan fingerprint density at radius 2 is 0.885 bits per heavy atom. The Morgan fingerprint density at radius 3 is 1.61 bits per heavy atom. The first kappa shape index (κ1) is 36.0. The summed E-state index contributed by atoms with van der Waals surface area (Å²) in [6, 6.07) is 67.7. The molecular weight excluding hydrogens is 743 g/mol. The number of pyridine rings is 3. The van der Waals surface area contributed by atoms with Crippen molar-refractivity contribution >= 4 is 32.6 Å². The van der Waals surface area contributed by atoms with Gasteiger partial charge in [0.15, 0.2) is 5.82 Å². The molecule has 0 aliphatic rings. The van der Waals surface area contributed by atoms with Crippen LogP contribution in [0.2, 0.25) is 0 Å². The maximum absolute atomic E-state index is 5.28. The van der Waals surface area contributed by atoms with Crippen molar-refractivity contribution in [2.24, 2.45) is 0 Å². The number of hydrogen-bond acceptors (Lipinski definition) is 5. The van der Waals surface area contributed by atoms with Gasteiger partial charge in [-0.3, -0.25) is 4.98 Å². The van der Waals surface area contributed by atoms with E-state index in [1.54, 1.807) is 0 Å². The fraction of sp³-hybridized carbons (Fsp3) is 0.0179. The summed E-state index contributed by atoms with van der Waals surface area (Å²) in [5.74, 6) is 0.678. The summed E-state index contributed by atoms with van der Waals surface area (Å²) in [5, 5.41) is 4.45. The number of fused-ring (bicyclic) bond motifs is 4. The van der Waals surface area contributed by atoms with E-state index in [0.717, 1.165) is 100 Å². The summed E-state index contributed by atoms with van der Waals surface area (Å²) < 4.78 is 0. The zero-order valence-corrected chi connectivity index (χ0v) is 33.4. The van der Waals surface area contributed by atoms with E-state index < -0.39 is 0 Å². The van der Waals surface area contributed by atoms with Crippen LogP contribution in [0.25, 0.3) is 111 Å². The van der Waals surface area contributed by atoms with Crippen LogP contribution in [-0.2, 0) is 0 Å². The van der Waals surface area contributed by atoms with Crippen LogP contribution in [-0.4, -0.2) is 24.9 Å². The Hall–Kier alpha value is -8.15. The summed E-state index contributed by atoms with van der Waals surface area (Å²) in [6.45, 7) is 2.15. The SMILES string of the molecule is Cc1cc(-c2ccccc2)nc2c1ccc1ccc(-c3cccc(-c4cccc(-c5cc(-c6cccc(-c7cccc8cnccc78)c6)nc(-c6ccccc6)n5)c4)c3)nc12. The van der Waals surface area contributed by atoms with Gasteiger partial charge in [-0.1, -0.05) is 152 Å². The molecule has 0 fully saturated rings. The van der Waals surface area contributed by atoms with Gasteiger partial charge in [0.1, 0.15) is 0 Å². The van der Waals surface area contributed by atoms with Gasteiger partial charge >= 0.3 is 0 Å². The van der Waals surface area contributed by atoms with E-state index in [2.05, 4.69) is 182 Å². The van der Waals surface area contributed by atoms with Crippen molar-refractivity contribution in [3.05, 3.63) is 212 Å². The predicted octanol–water partition coefficient (Wildman–Crippen LogP) is 14.1. The lowest BCUT2D eigenvalue weighted by Crippen LogP contribution is -1.96. The number of rotatable bonds is 7. The topological polar surface area (TPSA) is 64.5 Å². The van der Waals surface area contributed by atoms with Crippen LogP contribution in [0, 0.1) is 6.92 Å². The third-order valence-electron chi connectivity index (χ3n) is 11.5. The molecule has 4 heterocycles. The molecule has 0 aliphatic heterocycles. The molecule has 286 valence electrons. The second kappa shape index (κ2) is 15.2. The molecule has 0 atom stereocenters. The van der Waals surface area contributed by atoms with Crippen LogP contribution in [0.4, 0.5) is 0 Å². The maximum atomic E-state index is 5.28. The van der Waals surface area contributed by atoms with Gasteiger partial charge < -0.3 is 0 Å². The van der Waals surface area contributed by atoms with Gasteiger partial charge in [-0.05, 0) is 82.6 Å². The third-order valence-corrected chi connectivity index (χ3v) is 11.5. The molecule has 0 bridgehead atoms. The van der Waals surface area contributed by atoms with Gasteiger partial charge in [-0.2, -0.15) is 0 Å². The van der Waals surface area contributed by atoms with Gasteiger partial charge in [0.2, 0.25) is 0 Å². The number of aromatic nitrogens is 5. The standard InChI is InChI=1S/C56H37N5/c1-36-30-51(37-12-4-2-5-13-37)59-55-47(36)26-24-38-25-27-50(58-54(38)55)43-19-8-16-40(31-43)41-17-9-20-44(32-41)52-34-53(61-56(60-52)39-14-6-3-7-15-39)45-21-10-18-42(33-45)48-23-11-22-46-35-57-29-28-49(46)48/h2-35H,1H3. The lowest BCUT2D eigenvalue weighted by atomic mass is 9.96. The van der Waals surface area contributed by atoms with Gasteiger partial charge in [0.25, 0.3) is 0 Å². The molecule has 0 unspecified atom stereocenters. The van der Waals surface area contributed by atoms with E-state index in [9.17, 15) is 0 Å². The minimum atomic E-state index is 0.678. The van der Waals surface area contributed by atoms with Gasteiger partial charge in [0, 0.05) is 56.4 Å². The average Bonchev–Trinajstić information content (AvgIpc) is 3.34. The molecule has 61 heavy (non-hydrogen) atoms. The maximum Gasteiger partial charge on any atom is 0.160 e. The van der Waals surface area contributed by atoms with E-state index in [-0.39, 0.29) is 0 Å². The van der Waals surface area contributed by atoms with Gasteiger partial charge in [-0.25, -0.2) is 19.9 Å². The first-order valence-corrected chi connectivity index (χ1v) is 20.5. The summed E-state index contributed by atoms with van der Waals surface area (Å²) in [5.41, 5.74) is 16.1. The molecule has 7 aromatic carbocycles. The van der Waals surface area contributed by atoms with Crippen molar-refractivity contribution in [1.29, 1.82) is 0 Å². The second-order valence-electron chi connectivity index (χ2n) is 15.4. The van der Waals surface area contributed by atoms with Crippen molar-refractivity contribution < 1.29 is 0 Å². The molecule has 0 radical (unpaired) electrons. The molecular formula is C56H37N5. The molecule has 11 aromatic rings. The molecule has 0 N–H and O–H groups in total. The molecule has 5 nitrogen and oxygen atoms in total. The first-order valence-electron chi connectivity index (χ1n) is 20.5. The Balaban J connectivity index is 0.981. The van der Waals surface area contributed by atoms with Crippen LogP contribution < -0.4 is 0 Å². The zero-order chi connectivity index (χ0) is 40.7. The van der Waals surface area contributed by atoms with Crippen molar-refractivity contribution in [3.8, 4) is 78.7 Å². The Kier molecular flexibility index (Phi) is 8.98. The van der Waals surface area contributed by atoms with E-state index in [4.69, 9.17) is 19.9 Å². The van der Waals surface area contributed by atoms with E-state index in [1.165, 1.54) is 10.9 Å². The largest absolute Gasteiger partial charge is 0.264 e. The molecule has 0 amide bonds. The van der Waals surface area contributed by atoms with Gasteiger partial charge in [0.05, 0.1) is 33.8 Å². The summed E-state index contributed by atoms with van der Waals surface area (Å²) >= 11 is 0. The van der Waals surface area contributed by atoms with Crippen LogP contribution in [0.5, 0.6) is 0 Å². The van der Waals surface area contributed by atoms with Crippen LogP contribution in [0.3, 0.4) is 0 Å². The highest BCUT2D eigenvalue weighted by atomic mass is 14.9. The second-order valence-corrected chi connectivity index (χ2v) is 15.4. The number of nitrogens with zero attached hydrogens (tertiary/aromatic N) is 5. The zero-order valence-electron chi connectivity index (χ0n) is 33.4. The molecule has 5 heteroatoms. The lowest BCUT2D eigenvalue weighted by molar-refractivity contribution is 1.18. The number of benzene rings is 7. The highest BCUT2D eigenvalue weighted by Gasteiger charge is 2.15. The monoisotopic (exact) mass is 779 g/mol. The fourth-order valence-electron chi connectivity index (χ4n) is 8.35. The summed E-state index contributed by atoms with van der Waals surface area (Å²) in [4.78, 5) is 25.1. The highest BCUT2D eigenvalue weighted by Crippen LogP contribution is 2.36. The molecule has 0 saturated heterocycles. The molecule has 0 aliphatic carbocycles. The Bertz CT molecular complexity index is 3430. The predicted molar refractivity (Wildman–Crippen MR) is 251 cm³/mol. The van der Waals surface area contributed by atoms with Crippen molar-refractivity contribution in [2.45, 2.75) is 6.92 Å². The third kappa shape index (κ3) is 6.88. The van der Waals surface area contributed by atoms with Crippen LogP contribution in [0.15, 0.2) is 207 Å². The van der Waals surface area contributed by atoms with Crippen molar-refractivity contribution in [3.63, 3.8) is 0 Å². The van der Waals surface area contributed by atoms with E-state index >= 15 is 0 Å². The number of hydrogen-bond donors (Lipinski definition) is 0. The van der Waals surface area contributed by atoms with Crippen LogP contribution >= 0.6 is 0 Å². The minimum Gasteiger partial charge on any atom is -0.264 e. The Labute approximate surface area is 353 Å². The van der Waals surface area contributed by atoms with Crippen molar-refractivity contribution in [2.75, 3.05) is 0 Å². The Morgan fingerprint density at radius 1 is 0.328 bits per heavy atom. The first-order chi connectivity index (χ1) is 30.1. The fourth-order valence-corrected chi connectivity index (χ4v) is 8.35. The minimum absolute atomic E-state index is 0.678. The smallest absolute Gasteiger partial charge is 0.160 e. The van der Waals surface area contributed by atoms with Crippen molar-refractivity contribution in [1.82, 2.24) is 24.9 Å². The molecule has 11 rings (SSSR count). The normalized spacial score (nSPS) is 11.4.